The summed E-state index contributed by atoms with van der Waals surface area (Å²) < 4.78 is 13.0. The van der Waals surface area contributed by atoms with Crippen LogP contribution in [0.4, 0.5) is 11.4 Å². The summed E-state index contributed by atoms with van der Waals surface area (Å²) in [5, 5.41) is 4.78. The number of aryl methyl sites for hydroxylation is 2. The van der Waals surface area contributed by atoms with Crippen LogP contribution in [0.15, 0.2) is 36.4 Å². The molecule has 0 atom stereocenters. The van der Waals surface area contributed by atoms with E-state index in [1.807, 2.05) is 18.2 Å². The van der Waals surface area contributed by atoms with Gasteiger partial charge in [-0.15, -0.1) is 0 Å². The molecule has 4 nitrogen and oxygen atoms in total. The second kappa shape index (κ2) is 7.09. The van der Waals surface area contributed by atoms with E-state index in [1.54, 1.807) is 14.2 Å². The lowest BCUT2D eigenvalue weighted by Crippen LogP contribution is -1.97. The van der Waals surface area contributed by atoms with Crippen molar-refractivity contribution in [1.82, 2.24) is 4.57 Å². The Morgan fingerprint density at radius 2 is 1.64 bits per heavy atom. The fourth-order valence-corrected chi connectivity index (χ4v) is 3.43. The molecule has 0 spiro atoms. The zero-order chi connectivity index (χ0) is 18.0. The van der Waals surface area contributed by atoms with Crippen molar-refractivity contribution < 1.29 is 9.47 Å². The lowest BCUT2D eigenvalue weighted by atomic mass is 10.1. The molecule has 0 radical (unpaired) electrons. The maximum Gasteiger partial charge on any atom is 0.162 e. The van der Waals surface area contributed by atoms with E-state index in [4.69, 9.17) is 9.47 Å². The average molecular weight is 338 g/mol. The molecule has 1 aromatic heterocycles. The monoisotopic (exact) mass is 338 g/mol. The second-order valence-electron chi connectivity index (χ2n) is 6.31. The maximum absolute atomic E-state index is 5.38. The van der Waals surface area contributed by atoms with Crippen LogP contribution in [0.3, 0.4) is 0 Å². The van der Waals surface area contributed by atoms with E-state index in [2.05, 4.69) is 49.0 Å². The molecule has 0 saturated heterocycles. The third-order valence-corrected chi connectivity index (χ3v) is 4.76. The van der Waals surface area contributed by atoms with E-state index in [1.165, 1.54) is 22.2 Å². The number of hydrogen-bond acceptors (Lipinski definition) is 3. The molecule has 0 aliphatic rings. The van der Waals surface area contributed by atoms with Crippen molar-refractivity contribution in [3.63, 3.8) is 0 Å². The molecule has 3 aromatic rings. The molecule has 1 N–H and O–H groups in total. The molecule has 0 saturated carbocycles. The predicted molar refractivity (Wildman–Crippen MR) is 104 cm³/mol. The molecule has 132 valence electrons. The first kappa shape index (κ1) is 17.2. The van der Waals surface area contributed by atoms with Crippen molar-refractivity contribution in [3.8, 4) is 11.5 Å². The summed E-state index contributed by atoms with van der Waals surface area (Å²) >= 11 is 0. The van der Waals surface area contributed by atoms with Crippen LogP contribution < -0.4 is 14.8 Å². The SMILES string of the molecule is CCCc1c(C)c2ccc(Nc3ccc(OC)c(OC)c3)cc2n1C. The van der Waals surface area contributed by atoms with Crippen LogP contribution in [0.2, 0.25) is 0 Å². The van der Waals surface area contributed by atoms with E-state index >= 15 is 0 Å². The highest BCUT2D eigenvalue weighted by Crippen LogP contribution is 2.33. The second-order valence-corrected chi connectivity index (χ2v) is 6.31. The number of anilines is 2. The number of methoxy groups -OCH3 is 2. The Kier molecular flexibility index (Phi) is 4.88. The minimum atomic E-state index is 0.716. The number of nitrogens with zero attached hydrogens (tertiary/aromatic N) is 1. The van der Waals surface area contributed by atoms with Gasteiger partial charge in [0.05, 0.1) is 19.7 Å². The fraction of sp³-hybridized carbons (Fsp3) is 0.333. The van der Waals surface area contributed by atoms with Gasteiger partial charge in [-0.1, -0.05) is 19.4 Å². The summed E-state index contributed by atoms with van der Waals surface area (Å²) in [6.45, 7) is 4.44. The number of fused-ring (bicyclic) bond motifs is 1. The van der Waals surface area contributed by atoms with Gasteiger partial charge in [0.15, 0.2) is 11.5 Å². The Bertz CT molecular complexity index is 897. The van der Waals surface area contributed by atoms with Crippen LogP contribution in [0.5, 0.6) is 11.5 Å². The quantitative estimate of drug-likeness (QED) is 0.671. The van der Waals surface area contributed by atoms with Crippen LogP contribution in [0.25, 0.3) is 10.9 Å². The summed E-state index contributed by atoms with van der Waals surface area (Å²) in [7, 11) is 5.45. The first-order valence-electron chi connectivity index (χ1n) is 8.66. The summed E-state index contributed by atoms with van der Waals surface area (Å²) in [6.07, 6.45) is 2.26. The van der Waals surface area contributed by atoms with Crippen LogP contribution >= 0.6 is 0 Å². The third-order valence-electron chi connectivity index (χ3n) is 4.76. The summed E-state index contributed by atoms with van der Waals surface area (Å²) in [5.74, 6) is 1.44. The number of hydrogen-bond donors (Lipinski definition) is 1. The molecule has 2 aromatic carbocycles. The van der Waals surface area contributed by atoms with Crippen molar-refractivity contribution >= 4 is 22.3 Å². The minimum absolute atomic E-state index is 0.716. The van der Waals surface area contributed by atoms with E-state index < -0.39 is 0 Å². The van der Waals surface area contributed by atoms with Gasteiger partial charge in [-0.2, -0.15) is 0 Å². The van der Waals surface area contributed by atoms with E-state index in [-0.39, 0.29) is 0 Å². The van der Waals surface area contributed by atoms with Crippen molar-refractivity contribution in [2.24, 2.45) is 7.05 Å². The molecule has 1 heterocycles. The van der Waals surface area contributed by atoms with Crippen LogP contribution in [0.1, 0.15) is 24.6 Å². The Morgan fingerprint density at radius 1 is 0.960 bits per heavy atom. The smallest absolute Gasteiger partial charge is 0.162 e. The molecule has 3 rings (SSSR count). The normalized spacial score (nSPS) is 10.9. The van der Waals surface area contributed by atoms with E-state index in [9.17, 15) is 0 Å². The lowest BCUT2D eigenvalue weighted by molar-refractivity contribution is 0.355. The summed E-state index contributed by atoms with van der Waals surface area (Å²) in [4.78, 5) is 0. The van der Waals surface area contributed by atoms with Gasteiger partial charge in [-0.3, -0.25) is 0 Å². The number of nitrogens with one attached hydrogen (secondary N) is 1. The maximum atomic E-state index is 5.38. The van der Waals surface area contributed by atoms with Gasteiger partial charge in [-0.05, 0) is 43.2 Å². The van der Waals surface area contributed by atoms with Crippen LogP contribution in [-0.2, 0) is 13.5 Å². The Balaban J connectivity index is 1.96. The Labute approximate surface area is 149 Å². The zero-order valence-corrected chi connectivity index (χ0v) is 15.6. The van der Waals surface area contributed by atoms with Gasteiger partial charge < -0.3 is 19.4 Å². The lowest BCUT2D eigenvalue weighted by Gasteiger charge is -2.12. The van der Waals surface area contributed by atoms with Gasteiger partial charge in [0.1, 0.15) is 0 Å². The third kappa shape index (κ3) is 3.16. The summed E-state index contributed by atoms with van der Waals surface area (Å²) in [5.41, 5.74) is 6.09. The molecule has 0 unspecified atom stereocenters. The van der Waals surface area contributed by atoms with E-state index in [0.29, 0.717) is 5.75 Å². The molecule has 0 aliphatic heterocycles. The topological polar surface area (TPSA) is 35.4 Å². The van der Waals surface area contributed by atoms with Crippen LogP contribution in [0, 0.1) is 6.92 Å². The van der Waals surface area contributed by atoms with E-state index in [0.717, 1.165) is 30.0 Å². The molecular formula is C21H26N2O2. The molecule has 4 heteroatoms. The minimum Gasteiger partial charge on any atom is -0.493 e. The molecule has 25 heavy (non-hydrogen) atoms. The number of rotatable bonds is 6. The molecule has 0 bridgehead atoms. The first-order chi connectivity index (χ1) is 12.1. The molecule has 0 aliphatic carbocycles. The highest BCUT2D eigenvalue weighted by atomic mass is 16.5. The van der Waals surface area contributed by atoms with Gasteiger partial charge in [0, 0.05) is 35.6 Å². The van der Waals surface area contributed by atoms with Crippen LogP contribution in [-0.4, -0.2) is 18.8 Å². The predicted octanol–water partition coefficient (Wildman–Crippen LogP) is 5.20. The highest BCUT2D eigenvalue weighted by molar-refractivity contribution is 5.88. The average Bonchev–Trinajstić information content (AvgIpc) is 2.86. The Morgan fingerprint density at radius 3 is 2.32 bits per heavy atom. The van der Waals surface area contributed by atoms with Gasteiger partial charge >= 0.3 is 0 Å². The van der Waals surface area contributed by atoms with Gasteiger partial charge in [0.25, 0.3) is 0 Å². The summed E-state index contributed by atoms with van der Waals surface area (Å²) in [6, 6.07) is 12.4. The van der Waals surface area contributed by atoms with Crippen molar-refractivity contribution in [2.75, 3.05) is 19.5 Å². The van der Waals surface area contributed by atoms with Crippen molar-refractivity contribution in [1.29, 1.82) is 0 Å². The largest absolute Gasteiger partial charge is 0.493 e. The molecular weight excluding hydrogens is 312 g/mol. The first-order valence-corrected chi connectivity index (χ1v) is 8.66. The van der Waals surface area contributed by atoms with Gasteiger partial charge in [-0.25, -0.2) is 0 Å². The Hall–Kier alpha value is -2.62. The fourth-order valence-electron chi connectivity index (χ4n) is 3.43. The number of ether oxygens (including phenoxy) is 2. The number of aromatic nitrogens is 1. The molecule has 0 amide bonds. The zero-order valence-electron chi connectivity index (χ0n) is 15.6. The standard InChI is InChI=1S/C21H26N2O2/c1-6-7-18-14(2)17-10-8-15(12-19(17)23(18)3)22-16-9-11-20(24-4)21(13-16)25-5/h8-13,22H,6-7H2,1-5H3. The number of benzene rings is 2. The van der Waals surface area contributed by atoms with Crippen molar-refractivity contribution in [3.05, 3.63) is 47.7 Å². The molecule has 0 fully saturated rings. The highest BCUT2D eigenvalue weighted by Gasteiger charge is 2.12. The van der Waals surface area contributed by atoms with Crippen molar-refractivity contribution in [2.45, 2.75) is 26.7 Å². The van der Waals surface area contributed by atoms with Gasteiger partial charge in [0.2, 0.25) is 0 Å².